The fourth-order valence-electron chi connectivity index (χ4n) is 1.80. The van der Waals surface area contributed by atoms with Crippen LogP contribution in [0.4, 0.5) is 0 Å². The van der Waals surface area contributed by atoms with Crippen LogP contribution in [-0.4, -0.2) is 21.4 Å². The summed E-state index contributed by atoms with van der Waals surface area (Å²) < 4.78 is 7.90. The number of hydrogen-bond acceptors (Lipinski definition) is 3. The van der Waals surface area contributed by atoms with Gasteiger partial charge < -0.3 is 4.74 Å². The number of nitrogens with zero attached hydrogens (tertiary/aromatic N) is 2. The summed E-state index contributed by atoms with van der Waals surface area (Å²) in [5, 5.41) is 4.27. The molecule has 4 nitrogen and oxygen atoms in total. The van der Waals surface area contributed by atoms with Gasteiger partial charge in [-0.05, 0) is 73.5 Å². The molecular weight excluding hydrogens is 320 g/mol. The quantitative estimate of drug-likeness (QED) is 0.781. The number of carbonyl (C=O) groups is 1. The number of carbonyl (C=O) groups excluding carboxylic acids is 1. The number of halogens is 1. The molecule has 0 radical (unpaired) electrons. The Morgan fingerprint density at radius 3 is 2.50 bits per heavy atom. The largest absolute Gasteiger partial charge is 0.456 e. The van der Waals surface area contributed by atoms with Crippen molar-refractivity contribution in [2.75, 3.05) is 0 Å². The lowest BCUT2D eigenvalue weighted by molar-refractivity contribution is 0.00688. The van der Waals surface area contributed by atoms with Gasteiger partial charge in [0.15, 0.2) is 0 Å². The van der Waals surface area contributed by atoms with Gasteiger partial charge in [-0.1, -0.05) is 0 Å². The molecule has 0 N–H and O–H groups in total. The maximum atomic E-state index is 12.1. The van der Waals surface area contributed by atoms with Crippen LogP contribution in [0.25, 0.3) is 5.69 Å². The molecule has 0 aliphatic rings. The lowest BCUT2D eigenvalue weighted by Gasteiger charge is -2.20. The molecule has 1 aromatic carbocycles. The van der Waals surface area contributed by atoms with Crippen LogP contribution < -0.4 is 0 Å². The third-order valence-electron chi connectivity index (χ3n) is 2.65. The predicted octanol–water partition coefficient (Wildman–Crippen LogP) is 3.90. The molecule has 1 heterocycles. The van der Waals surface area contributed by atoms with E-state index in [-0.39, 0.29) is 5.97 Å². The molecule has 0 amide bonds. The molecule has 2 aromatic rings. The van der Waals surface area contributed by atoms with E-state index in [1.54, 1.807) is 10.7 Å². The first kappa shape index (κ1) is 14.8. The molecule has 1 aromatic heterocycles. The van der Waals surface area contributed by atoms with Crippen molar-refractivity contribution >= 4 is 21.9 Å². The highest BCUT2D eigenvalue weighted by Gasteiger charge is 2.19. The lowest BCUT2D eigenvalue weighted by atomic mass is 10.1. The maximum absolute atomic E-state index is 12.1. The molecule has 0 unspecified atom stereocenters. The Balaban J connectivity index is 2.28. The minimum absolute atomic E-state index is 0.303. The van der Waals surface area contributed by atoms with Crippen molar-refractivity contribution in [3.63, 3.8) is 0 Å². The Bertz CT molecular complexity index is 642. The first-order valence-electron chi connectivity index (χ1n) is 6.32. The van der Waals surface area contributed by atoms with Gasteiger partial charge in [-0.25, -0.2) is 9.48 Å². The second kappa shape index (κ2) is 5.40. The summed E-state index contributed by atoms with van der Waals surface area (Å²) in [6.45, 7) is 7.46. The van der Waals surface area contributed by atoms with Gasteiger partial charge in [-0.15, -0.1) is 0 Å². The monoisotopic (exact) mass is 336 g/mol. The van der Waals surface area contributed by atoms with Gasteiger partial charge >= 0.3 is 5.97 Å². The van der Waals surface area contributed by atoms with E-state index in [0.29, 0.717) is 5.56 Å². The van der Waals surface area contributed by atoms with Gasteiger partial charge in [0.05, 0.1) is 11.3 Å². The first-order chi connectivity index (χ1) is 9.26. The van der Waals surface area contributed by atoms with Crippen LogP contribution in [0.3, 0.4) is 0 Å². The number of rotatable bonds is 2. The summed E-state index contributed by atoms with van der Waals surface area (Å²) in [6.07, 6.45) is 1.85. The molecule has 2 rings (SSSR count). The van der Waals surface area contributed by atoms with E-state index >= 15 is 0 Å². The maximum Gasteiger partial charge on any atom is 0.338 e. The van der Waals surface area contributed by atoms with E-state index in [1.807, 2.05) is 52.1 Å². The van der Waals surface area contributed by atoms with Crippen LogP contribution in [0.15, 0.2) is 35.1 Å². The summed E-state index contributed by atoms with van der Waals surface area (Å²) in [7, 11) is 0. The lowest BCUT2D eigenvalue weighted by Crippen LogP contribution is -2.24. The molecule has 20 heavy (non-hydrogen) atoms. The molecule has 0 fully saturated rings. The van der Waals surface area contributed by atoms with E-state index in [9.17, 15) is 4.79 Å². The minimum Gasteiger partial charge on any atom is -0.456 e. The smallest absolute Gasteiger partial charge is 0.338 e. The van der Waals surface area contributed by atoms with E-state index in [4.69, 9.17) is 4.74 Å². The Hall–Kier alpha value is -1.62. The average molecular weight is 337 g/mol. The summed E-state index contributed by atoms with van der Waals surface area (Å²) in [5.74, 6) is -0.303. The number of aromatic nitrogens is 2. The third-order valence-corrected chi connectivity index (χ3v) is 3.07. The van der Waals surface area contributed by atoms with Gasteiger partial charge in [0.25, 0.3) is 0 Å². The number of benzene rings is 1. The summed E-state index contributed by atoms with van der Waals surface area (Å²) >= 11 is 3.31. The molecule has 0 atom stereocenters. The number of hydrogen-bond donors (Lipinski definition) is 0. The minimum atomic E-state index is -0.491. The van der Waals surface area contributed by atoms with Gasteiger partial charge in [-0.2, -0.15) is 5.10 Å². The Labute approximate surface area is 126 Å². The zero-order valence-electron chi connectivity index (χ0n) is 12.0. The number of aryl methyl sites for hydroxylation is 1. The molecule has 0 saturated heterocycles. The molecule has 106 valence electrons. The zero-order valence-corrected chi connectivity index (χ0v) is 13.6. The summed E-state index contributed by atoms with van der Waals surface area (Å²) in [5.41, 5.74) is 1.86. The summed E-state index contributed by atoms with van der Waals surface area (Å²) in [6, 6.07) is 7.40. The van der Waals surface area contributed by atoms with E-state index in [2.05, 4.69) is 21.0 Å². The number of ether oxygens (including phenoxy) is 1. The van der Waals surface area contributed by atoms with E-state index in [1.165, 1.54) is 0 Å². The molecule has 0 bridgehead atoms. The van der Waals surface area contributed by atoms with E-state index < -0.39 is 5.60 Å². The fourth-order valence-corrected chi connectivity index (χ4v) is 2.09. The second-order valence-corrected chi connectivity index (χ2v) is 6.40. The van der Waals surface area contributed by atoms with Crippen LogP contribution in [0, 0.1) is 6.92 Å². The van der Waals surface area contributed by atoms with Gasteiger partial charge in [-0.3, -0.25) is 0 Å². The summed E-state index contributed by atoms with van der Waals surface area (Å²) in [4.78, 5) is 12.1. The van der Waals surface area contributed by atoms with Crippen LogP contribution in [-0.2, 0) is 4.74 Å². The SMILES string of the molecule is Cc1cc(-n2ccc(Br)n2)ccc1C(=O)OC(C)(C)C. The molecular formula is C15H17BrN2O2. The van der Waals surface area contributed by atoms with Gasteiger partial charge in [0.1, 0.15) is 10.2 Å². The highest BCUT2D eigenvalue weighted by molar-refractivity contribution is 9.10. The Kier molecular flexibility index (Phi) is 3.99. The zero-order chi connectivity index (χ0) is 14.9. The fraction of sp³-hybridized carbons (Fsp3) is 0.333. The van der Waals surface area contributed by atoms with Crippen molar-refractivity contribution in [2.24, 2.45) is 0 Å². The van der Waals surface area contributed by atoms with Crippen molar-refractivity contribution in [1.29, 1.82) is 0 Å². The Morgan fingerprint density at radius 1 is 1.30 bits per heavy atom. The molecule has 0 aliphatic heterocycles. The molecule has 5 heteroatoms. The third kappa shape index (κ3) is 3.48. The molecule has 0 spiro atoms. The Morgan fingerprint density at radius 2 is 2.00 bits per heavy atom. The highest BCUT2D eigenvalue weighted by atomic mass is 79.9. The van der Waals surface area contributed by atoms with Crippen LogP contribution >= 0.6 is 15.9 Å². The van der Waals surface area contributed by atoms with Crippen LogP contribution in [0.5, 0.6) is 0 Å². The van der Waals surface area contributed by atoms with Crippen molar-refractivity contribution in [3.05, 3.63) is 46.2 Å². The van der Waals surface area contributed by atoms with Crippen LogP contribution in [0.1, 0.15) is 36.7 Å². The average Bonchev–Trinajstić information content (AvgIpc) is 2.73. The van der Waals surface area contributed by atoms with Crippen molar-refractivity contribution in [1.82, 2.24) is 9.78 Å². The molecule has 0 saturated carbocycles. The second-order valence-electron chi connectivity index (χ2n) is 5.58. The van der Waals surface area contributed by atoms with Gasteiger partial charge in [0.2, 0.25) is 0 Å². The first-order valence-corrected chi connectivity index (χ1v) is 7.11. The standard InChI is InChI=1S/C15H17BrN2O2/c1-10-9-11(18-8-7-13(16)17-18)5-6-12(10)14(19)20-15(2,3)4/h5-9H,1-4H3. The predicted molar refractivity (Wildman–Crippen MR) is 81.2 cm³/mol. The highest BCUT2D eigenvalue weighted by Crippen LogP contribution is 2.19. The van der Waals surface area contributed by atoms with E-state index in [0.717, 1.165) is 15.9 Å². The van der Waals surface area contributed by atoms with Gasteiger partial charge in [0, 0.05) is 6.20 Å². The normalized spacial score (nSPS) is 11.4. The van der Waals surface area contributed by atoms with Crippen molar-refractivity contribution < 1.29 is 9.53 Å². The van der Waals surface area contributed by atoms with Crippen molar-refractivity contribution in [3.8, 4) is 5.69 Å². The van der Waals surface area contributed by atoms with Crippen molar-refractivity contribution in [2.45, 2.75) is 33.3 Å². The number of esters is 1. The topological polar surface area (TPSA) is 44.1 Å². The molecule has 0 aliphatic carbocycles. The van der Waals surface area contributed by atoms with Crippen LogP contribution in [0.2, 0.25) is 0 Å².